The number of unbranched alkanes of at least 4 members (excludes halogenated alkanes) is 1. The highest BCUT2D eigenvalue weighted by Crippen LogP contribution is 1.96. The monoisotopic (exact) mass is 147 g/mol. The maximum absolute atomic E-state index is 9.08. The summed E-state index contributed by atoms with van der Waals surface area (Å²) in [5.41, 5.74) is 0. The Bertz CT molecular complexity index is 68.6. The fourth-order valence-electron chi connectivity index (χ4n) is 0.787. The molecule has 0 rings (SSSR count). The van der Waals surface area contributed by atoms with Crippen LogP contribution in [0.15, 0.2) is 0 Å². The zero-order valence-corrected chi connectivity index (χ0v) is 6.51. The van der Waals surface area contributed by atoms with Gasteiger partial charge in [-0.05, 0) is 25.8 Å². The Morgan fingerprint density at radius 1 is 1.40 bits per heavy atom. The number of hydrogen-bond acceptors (Lipinski definition) is 3. The predicted octanol–water partition coefficient (Wildman–Crippen LogP) is 0.0769. The normalized spacial score (nSPS) is 13.5. The van der Waals surface area contributed by atoms with Crippen molar-refractivity contribution in [2.24, 2.45) is 0 Å². The molecular weight excluding hydrogens is 130 g/mol. The molecule has 10 heavy (non-hydrogen) atoms. The largest absolute Gasteiger partial charge is 0.396 e. The standard InChI is InChI=1S/C7H17NO2/c1-2-8-7(10)5-3-4-6-9/h7-10H,2-6H2,1H3. The molecule has 1 atom stereocenters. The van der Waals surface area contributed by atoms with Gasteiger partial charge in [0.25, 0.3) is 0 Å². The van der Waals surface area contributed by atoms with Crippen molar-refractivity contribution >= 4 is 0 Å². The van der Waals surface area contributed by atoms with Gasteiger partial charge in [-0.3, -0.25) is 5.32 Å². The van der Waals surface area contributed by atoms with Crippen LogP contribution in [0.25, 0.3) is 0 Å². The molecule has 0 aliphatic rings. The van der Waals surface area contributed by atoms with E-state index in [2.05, 4.69) is 5.32 Å². The topological polar surface area (TPSA) is 52.5 Å². The minimum absolute atomic E-state index is 0.221. The van der Waals surface area contributed by atoms with Gasteiger partial charge in [0.15, 0.2) is 0 Å². The van der Waals surface area contributed by atoms with Gasteiger partial charge in [-0.25, -0.2) is 0 Å². The van der Waals surface area contributed by atoms with Crippen LogP contribution in [-0.2, 0) is 0 Å². The van der Waals surface area contributed by atoms with Gasteiger partial charge in [0, 0.05) is 6.61 Å². The van der Waals surface area contributed by atoms with Crippen LogP contribution in [0.5, 0.6) is 0 Å². The molecule has 0 saturated carbocycles. The first-order valence-electron chi connectivity index (χ1n) is 3.83. The number of hydrogen-bond donors (Lipinski definition) is 3. The van der Waals surface area contributed by atoms with E-state index >= 15 is 0 Å². The summed E-state index contributed by atoms with van der Waals surface area (Å²) >= 11 is 0. The summed E-state index contributed by atoms with van der Waals surface area (Å²) in [6, 6.07) is 0. The van der Waals surface area contributed by atoms with Crippen molar-refractivity contribution in [3.63, 3.8) is 0 Å². The minimum Gasteiger partial charge on any atom is -0.396 e. The molecule has 62 valence electrons. The molecule has 0 aliphatic carbocycles. The molecule has 0 heterocycles. The van der Waals surface area contributed by atoms with Gasteiger partial charge in [-0.15, -0.1) is 0 Å². The molecule has 0 radical (unpaired) electrons. The Morgan fingerprint density at radius 2 is 2.10 bits per heavy atom. The first-order chi connectivity index (χ1) is 4.81. The molecule has 3 heteroatoms. The highest BCUT2D eigenvalue weighted by molar-refractivity contribution is 4.50. The molecule has 3 N–H and O–H groups in total. The molecule has 0 saturated heterocycles. The third-order valence-electron chi connectivity index (χ3n) is 1.33. The summed E-state index contributed by atoms with van der Waals surface area (Å²) in [6.07, 6.45) is 2.00. The number of aliphatic hydroxyl groups is 2. The maximum atomic E-state index is 9.08. The van der Waals surface area contributed by atoms with Gasteiger partial charge in [0.05, 0.1) is 0 Å². The van der Waals surface area contributed by atoms with Crippen LogP contribution in [0.4, 0.5) is 0 Å². The van der Waals surface area contributed by atoms with Crippen molar-refractivity contribution in [3.8, 4) is 0 Å². The van der Waals surface area contributed by atoms with E-state index in [1.807, 2.05) is 6.92 Å². The van der Waals surface area contributed by atoms with Crippen molar-refractivity contribution in [2.75, 3.05) is 13.2 Å². The summed E-state index contributed by atoms with van der Waals surface area (Å²) in [6.45, 7) is 2.97. The molecule has 1 unspecified atom stereocenters. The van der Waals surface area contributed by atoms with E-state index in [0.717, 1.165) is 25.8 Å². The summed E-state index contributed by atoms with van der Waals surface area (Å²) < 4.78 is 0. The van der Waals surface area contributed by atoms with E-state index in [0.29, 0.717) is 0 Å². The average molecular weight is 147 g/mol. The van der Waals surface area contributed by atoms with Crippen LogP contribution in [0, 0.1) is 0 Å². The van der Waals surface area contributed by atoms with Gasteiger partial charge >= 0.3 is 0 Å². The second-order valence-electron chi connectivity index (χ2n) is 2.29. The molecular formula is C7H17NO2. The minimum atomic E-state index is -0.392. The number of nitrogens with one attached hydrogen (secondary N) is 1. The van der Waals surface area contributed by atoms with E-state index in [-0.39, 0.29) is 6.61 Å². The summed E-state index contributed by atoms with van der Waals surface area (Å²) in [4.78, 5) is 0. The van der Waals surface area contributed by atoms with E-state index in [4.69, 9.17) is 10.2 Å². The van der Waals surface area contributed by atoms with Crippen LogP contribution in [-0.4, -0.2) is 29.6 Å². The van der Waals surface area contributed by atoms with Crippen molar-refractivity contribution in [2.45, 2.75) is 32.4 Å². The zero-order chi connectivity index (χ0) is 7.82. The highest BCUT2D eigenvalue weighted by atomic mass is 16.3. The molecule has 0 aromatic rings. The SMILES string of the molecule is CCNC(O)CCCCO. The molecule has 0 aromatic carbocycles. The fourth-order valence-corrected chi connectivity index (χ4v) is 0.787. The van der Waals surface area contributed by atoms with Gasteiger partial charge in [0.2, 0.25) is 0 Å². The van der Waals surface area contributed by atoms with E-state index in [1.54, 1.807) is 0 Å². The third kappa shape index (κ3) is 6.01. The Balaban J connectivity index is 2.97. The fraction of sp³-hybridized carbons (Fsp3) is 1.00. The van der Waals surface area contributed by atoms with E-state index in [9.17, 15) is 0 Å². The van der Waals surface area contributed by atoms with Crippen LogP contribution in [0.2, 0.25) is 0 Å². The summed E-state index contributed by atoms with van der Waals surface area (Å²) in [7, 11) is 0. The summed E-state index contributed by atoms with van der Waals surface area (Å²) in [5, 5.41) is 20.4. The molecule has 0 bridgehead atoms. The van der Waals surface area contributed by atoms with Gasteiger partial charge in [-0.2, -0.15) is 0 Å². The molecule has 0 spiro atoms. The lowest BCUT2D eigenvalue weighted by Crippen LogP contribution is -2.28. The Morgan fingerprint density at radius 3 is 2.60 bits per heavy atom. The number of rotatable bonds is 6. The van der Waals surface area contributed by atoms with Gasteiger partial charge in [-0.1, -0.05) is 6.92 Å². The third-order valence-corrected chi connectivity index (χ3v) is 1.33. The molecule has 0 amide bonds. The quantitative estimate of drug-likeness (QED) is 0.368. The summed E-state index contributed by atoms with van der Waals surface area (Å²) in [5.74, 6) is 0. The second-order valence-corrected chi connectivity index (χ2v) is 2.29. The first kappa shape index (κ1) is 9.88. The first-order valence-corrected chi connectivity index (χ1v) is 3.83. The van der Waals surface area contributed by atoms with Crippen molar-refractivity contribution in [1.82, 2.24) is 5.32 Å². The van der Waals surface area contributed by atoms with E-state index in [1.165, 1.54) is 0 Å². The molecule has 0 aliphatic heterocycles. The van der Waals surface area contributed by atoms with Crippen molar-refractivity contribution in [1.29, 1.82) is 0 Å². The maximum Gasteiger partial charge on any atom is 0.104 e. The van der Waals surface area contributed by atoms with Crippen molar-refractivity contribution in [3.05, 3.63) is 0 Å². The lowest BCUT2D eigenvalue weighted by Gasteiger charge is -2.09. The average Bonchev–Trinajstić information content (AvgIpc) is 1.89. The Hall–Kier alpha value is -0.120. The van der Waals surface area contributed by atoms with Crippen molar-refractivity contribution < 1.29 is 10.2 Å². The highest BCUT2D eigenvalue weighted by Gasteiger charge is 1.98. The van der Waals surface area contributed by atoms with Crippen LogP contribution in [0.1, 0.15) is 26.2 Å². The number of aliphatic hydroxyl groups excluding tert-OH is 2. The molecule has 0 aromatic heterocycles. The lowest BCUT2D eigenvalue weighted by atomic mass is 10.2. The lowest BCUT2D eigenvalue weighted by molar-refractivity contribution is 0.124. The zero-order valence-electron chi connectivity index (χ0n) is 6.51. The van der Waals surface area contributed by atoms with Gasteiger partial charge in [0.1, 0.15) is 6.23 Å². The van der Waals surface area contributed by atoms with Crippen LogP contribution >= 0.6 is 0 Å². The Kier molecular flexibility index (Phi) is 6.91. The smallest absolute Gasteiger partial charge is 0.104 e. The molecule has 0 fully saturated rings. The van der Waals surface area contributed by atoms with Crippen LogP contribution < -0.4 is 5.32 Å². The van der Waals surface area contributed by atoms with Gasteiger partial charge < -0.3 is 10.2 Å². The Labute approximate surface area is 62.1 Å². The second kappa shape index (κ2) is 6.99. The molecule has 3 nitrogen and oxygen atoms in total. The van der Waals surface area contributed by atoms with E-state index < -0.39 is 6.23 Å². The predicted molar refractivity (Wildman–Crippen MR) is 40.6 cm³/mol. The van der Waals surface area contributed by atoms with Crippen LogP contribution in [0.3, 0.4) is 0 Å².